The quantitative estimate of drug-likeness (QED) is 0.908. The van der Waals surface area contributed by atoms with E-state index in [1.165, 1.54) is 0 Å². The van der Waals surface area contributed by atoms with E-state index in [0.717, 1.165) is 25.0 Å². The van der Waals surface area contributed by atoms with E-state index in [-0.39, 0.29) is 18.1 Å². The largest absolute Gasteiger partial charge is 0.378 e. The normalized spacial score (nSPS) is 18.8. The van der Waals surface area contributed by atoms with Crippen LogP contribution >= 0.6 is 11.6 Å². The monoisotopic (exact) mass is 335 g/mol. The number of halogens is 1. The fourth-order valence-corrected chi connectivity index (χ4v) is 2.62. The predicted octanol–water partition coefficient (Wildman–Crippen LogP) is 3.14. The van der Waals surface area contributed by atoms with Gasteiger partial charge in [-0.15, -0.1) is 0 Å². The number of nitrogens with zero attached hydrogens (tertiary/aromatic N) is 2. The maximum atomic E-state index is 12.0. The Balaban J connectivity index is 1.60. The standard InChI is InChI=1S/C16H18ClN3O3/c1-10(18-14(21)9-13-3-2-8-22-13)15-19-16(23-20-15)11-4-6-12(17)7-5-11/h4-7,10,13H,2-3,8-9H2,1H3,(H,18,21). The highest BCUT2D eigenvalue weighted by atomic mass is 35.5. The van der Waals surface area contributed by atoms with Crippen LogP contribution in [0.5, 0.6) is 0 Å². The molecule has 0 aliphatic carbocycles. The molecule has 6 nitrogen and oxygen atoms in total. The molecule has 1 aromatic heterocycles. The maximum absolute atomic E-state index is 12.0. The van der Waals surface area contributed by atoms with Crippen LogP contribution < -0.4 is 5.32 Å². The lowest BCUT2D eigenvalue weighted by atomic mass is 10.1. The van der Waals surface area contributed by atoms with Crippen LogP contribution in [0, 0.1) is 0 Å². The molecule has 7 heteroatoms. The van der Waals surface area contributed by atoms with Crippen LogP contribution in [-0.4, -0.2) is 28.8 Å². The number of ether oxygens (including phenoxy) is 1. The zero-order chi connectivity index (χ0) is 16.2. The molecular weight excluding hydrogens is 318 g/mol. The Kier molecular flexibility index (Phi) is 4.93. The van der Waals surface area contributed by atoms with Crippen molar-refractivity contribution in [2.45, 2.75) is 38.3 Å². The molecule has 0 bridgehead atoms. The third kappa shape index (κ3) is 4.09. The molecule has 1 fully saturated rings. The van der Waals surface area contributed by atoms with Crippen molar-refractivity contribution in [3.8, 4) is 11.5 Å². The zero-order valence-corrected chi connectivity index (χ0v) is 13.5. The summed E-state index contributed by atoms with van der Waals surface area (Å²) in [7, 11) is 0. The minimum absolute atomic E-state index is 0.0251. The maximum Gasteiger partial charge on any atom is 0.257 e. The van der Waals surface area contributed by atoms with Crippen LogP contribution in [0.2, 0.25) is 5.02 Å². The Labute approximate surface area is 139 Å². The highest BCUT2D eigenvalue weighted by Gasteiger charge is 2.22. The summed E-state index contributed by atoms with van der Waals surface area (Å²) in [5.74, 6) is 0.773. The Morgan fingerprint density at radius 1 is 1.43 bits per heavy atom. The SMILES string of the molecule is CC(NC(=O)CC1CCCO1)c1noc(-c2ccc(Cl)cc2)n1. The van der Waals surface area contributed by atoms with Gasteiger partial charge in [0.15, 0.2) is 5.82 Å². The fourth-order valence-electron chi connectivity index (χ4n) is 2.50. The van der Waals surface area contributed by atoms with E-state index < -0.39 is 0 Å². The van der Waals surface area contributed by atoms with E-state index >= 15 is 0 Å². The summed E-state index contributed by atoms with van der Waals surface area (Å²) in [6, 6.07) is 6.80. The Hall–Kier alpha value is -1.92. The van der Waals surface area contributed by atoms with Gasteiger partial charge in [0, 0.05) is 17.2 Å². The Morgan fingerprint density at radius 3 is 2.91 bits per heavy atom. The summed E-state index contributed by atoms with van der Waals surface area (Å²) in [5, 5.41) is 7.45. The first kappa shape index (κ1) is 16.0. The molecule has 2 atom stereocenters. The summed E-state index contributed by atoms with van der Waals surface area (Å²) >= 11 is 5.86. The third-order valence-corrected chi connectivity index (χ3v) is 3.99. The van der Waals surface area contributed by atoms with Crippen molar-refractivity contribution in [2.75, 3.05) is 6.61 Å². The van der Waals surface area contributed by atoms with E-state index in [2.05, 4.69) is 15.5 Å². The average molecular weight is 336 g/mol. The molecule has 1 saturated heterocycles. The van der Waals surface area contributed by atoms with E-state index in [1.807, 2.05) is 6.92 Å². The minimum Gasteiger partial charge on any atom is -0.378 e. The molecular formula is C16H18ClN3O3. The molecule has 1 aromatic carbocycles. The van der Waals surface area contributed by atoms with Crippen molar-refractivity contribution >= 4 is 17.5 Å². The highest BCUT2D eigenvalue weighted by Crippen LogP contribution is 2.21. The van der Waals surface area contributed by atoms with Crippen molar-refractivity contribution in [2.24, 2.45) is 0 Å². The van der Waals surface area contributed by atoms with Crippen LogP contribution in [0.1, 0.15) is 38.1 Å². The molecule has 2 aromatic rings. The van der Waals surface area contributed by atoms with Crippen LogP contribution in [0.15, 0.2) is 28.8 Å². The number of aromatic nitrogens is 2. The average Bonchev–Trinajstić information content (AvgIpc) is 3.19. The first-order valence-corrected chi connectivity index (χ1v) is 8.00. The van der Waals surface area contributed by atoms with Gasteiger partial charge < -0.3 is 14.6 Å². The third-order valence-electron chi connectivity index (χ3n) is 3.73. The number of carbonyl (C=O) groups excluding carboxylic acids is 1. The van der Waals surface area contributed by atoms with Crippen molar-refractivity contribution < 1.29 is 14.1 Å². The molecule has 122 valence electrons. The Bertz CT molecular complexity index is 665. The molecule has 1 amide bonds. The fraction of sp³-hybridized carbons (Fsp3) is 0.438. The molecule has 2 unspecified atom stereocenters. The van der Waals surface area contributed by atoms with Gasteiger partial charge in [-0.25, -0.2) is 0 Å². The van der Waals surface area contributed by atoms with Crippen molar-refractivity contribution in [1.82, 2.24) is 15.5 Å². The number of rotatable bonds is 5. The van der Waals surface area contributed by atoms with Crippen molar-refractivity contribution in [1.29, 1.82) is 0 Å². The molecule has 1 N–H and O–H groups in total. The highest BCUT2D eigenvalue weighted by molar-refractivity contribution is 6.30. The number of amides is 1. The molecule has 23 heavy (non-hydrogen) atoms. The molecule has 0 saturated carbocycles. The molecule has 2 heterocycles. The molecule has 0 spiro atoms. The lowest BCUT2D eigenvalue weighted by Crippen LogP contribution is -2.30. The molecule has 1 aliphatic rings. The number of hydrogen-bond donors (Lipinski definition) is 1. The van der Waals surface area contributed by atoms with Gasteiger partial charge >= 0.3 is 0 Å². The topological polar surface area (TPSA) is 77.2 Å². The van der Waals surface area contributed by atoms with E-state index in [0.29, 0.717) is 23.2 Å². The summed E-state index contributed by atoms with van der Waals surface area (Å²) in [5.41, 5.74) is 0.783. The van der Waals surface area contributed by atoms with Crippen LogP contribution in [0.4, 0.5) is 0 Å². The number of nitrogens with one attached hydrogen (secondary N) is 1. The van der Waals surface area contributed by atoms with Crippen molar-refractivity contribution in [3.05, 3.63) is 35.1 Å². The minimum atomic E-state index is -0.325. The van der Waals surface area contributed by atoms with Crippen LogP contribution in [0.25, 0.3) is 11.5 Å². The second-order valence-corrected chi connectivity index (χ2v) is 6.03. The van der Waals surface area contributed by atoms with Gasteiger partial charge in [-0.05, 0) is 44.0 Å². The zero-order valence-electron chi connectivity index (χ0n) is 12.8. The second-order valence-electron chi connectivity index (χ2n) is 5.59. The number of carbonyl (C=O) groups is 1. The second kappa shape index (κ2) is 7.10. The van der Waals surface area contributed by atoms with Gasteiger partial charge in [0.2, 0.25) is 5.91 Å². The number of hydrogen-bond acceptors (Lipinski definition) is 5. The van der Waals surface area contributed by atoms with Crippen LogP contribution in [-0.2, 0) is 9.53 Å². The van der Waals surface area contributed by atoms with Gasteiger partial charge in [0.05, 0.1) is 18.6 Å². The molecule has 3 rings (SSSR count). The van der Waals surface area contributed by atoms with Gasteiger partial charge in [-0.1, -0.05) is 16.8 Å². The summed E-state index contributed by atoms with van der Waals surface area (Å²) < 4.78 is 10.7. The predicted molar refractivity (Wildman–Crippen MR) is 84.9 cm³/mol. The lowest BCUT2D eigenvalue weighted by Gasteiger charge is -2.12. The smallest absolute Gasteiger partial charge is 0.257 e. The first-order chi connectivity index (χ1) is 11.1. The van der Waals surface area contributed by atoms with Gasteiger partial charge in [0.25, 0.3) is 5.89 Å². The van der Waals surface area contributed by atoms with Crippen LogP contribution in [0.3, 0.4) is 0 Å². The van der Waals surface area contributed by atoms with E-state index in [4.69, 9.17) is 20.9 Å². The summed E-state index contributed by atoms with van der Waals surface area (Å²) in [6.45, 7) is 2.56. The van der Waals surface area contributed by atoms with E-state index in [9.17, 15) is 4.79 Å². The first-order valence-electron chi connectivity index (χ1n) is 7.62. The summed E-state index contributed by atoms with van der Waals surface area (Å²) in [6.07, 6.45) is 2.34. The Morgan fingerprint density at radius 2 is 2.22 bits per heavy atom. The lowest BCUT2D eigenvalue weighted by molar-refractivity contribution is -0.123. The van der Waals surface area contributed by atoms with Crippen molar-refractivity contribution in [3.63, 3.8) is 0 Å². The summed E-state index contributed by atoms with van der Waals surface area (Å²) in [4.78, 5) is 16.3. The van der Waals surface area contributed by atoms with Gasteiger partial charge in [-0.3, -0.25) is 4.79 Å². The van der Waals surface area contributed by atoms with E-state index in [1.54, 1.807) is 24.3 Å². The molecule has 1 aliphatic heterocycles. The van der Waals surface area contributed by atoms with Gasteiger partial charge in [-0.2, -0.15) is 4.98 Å². The molecule has 0 radical (unpaired) electrons. The number of benzene rings is 1. The van der Waals surface area contributed by atoms with Gasteiger partial charge in [0.1, 0.15) is 0 Å².